The Kier molecular flexibility index (Phi) is 9.98. The maximum atomic E-state index is 12.8. The molecule has 0 aromatic carbocycles. The van der Waals surface area contributed by atoms with Gasteiger partial charge in [-0.2, -0.15) is 0 Å². The number of nitrogens with two attached hydrogens (primary N) is 3. The molecule has 4 rings (SSSR count). The molecule has 0 aromatic heterocycles. The Bertz CT molecular complexity index is 947. The van der Waals surface area contributed by atoms with E-state index >= 15 is 0 Å². The Morgan fingerprint density at radius 1 is 0.805 bits per heavy atom. The van der Waals surface area contributed by atoms with Crippen LogP contribution in [0.1, 0.15) is 6.42 Å². The highest BCUT2D eigenvalue weighted by atomic mass is 16.7. The molecular formula is C22H38N4O15. The first-order chi connectivity index (χ1) is 19.3. The number of imide groups is 1. The van der Waals surface area contributed by atoms with Crippen LogP contribution in [0.2, 0.25) is 0 Å². The van der Waals surface area contributed by atoms with Gasteiger partial charge in [0.15, 0.2) is 18.9 Å². The number of carbonyl (C=O) groups excluding carboxylic acids is 2. The van der Waals surface area contributed by atoms with Crippen LogP contribution in [0.5, 0.6) is 0 Å². The zero-order chi connectivity index (χ0) is 30.4. The third kappa shape index (κ3) is 5.74. The van der Waals surface area contributed by atoms with Crippen LogP contribution in [0.4, 0.5) is 0 Å². The fourth-order valence-electron chi connectivity index (χ4n) is 5.56. The molecule has 0 saturated carbocycles. The molecule has 19 heteroatoms. The molecule has 0 aromatic rings. The summed E-state index contributed by atoms with van der Waals surface area (Å²) in [4.78, 5) is 24.9. The van der Waals surface area contributed by atoms with Crippen LogP contribution in [0.25, 0.3) is 0 Å². The van der Waals surface area contributed by atoms with Crippen LogP contribution < -0.4 is 22.5 Å². The lowest BCUT2D eigenvalue weighted by atomic mass is 9.73. The predicted octanol–water partition coefficient (Wildman–Crippen LogP) is -8.64. The molecule has 0 aliphatic carbocycles. The molecule has 2 amide bonds. The van der Waals surface area contributed by atoms with Crippen LogP contribution in [0.15, 0.2) is 0 Å². The van der Waals surface area contributed by atoms with Crippen LogP contribution in [0, 0.1) is 5.92 Å². The van der Waals surface area contributed by atoms with Crippen molar-refractivity contribution in [1.82, 2.24) is 5.32 Å². The van der Waals surface area contributed by atoms with E-state index in [1.807, 2.05) is 0 Å². The quantitative estimate of drug-likeness (QED) is 0.115. The Morgan fingerprint density at radius 2 is 1.41 bits per heavy atom. The molecule has 19 nitrogen and oxygen atoms in total. The zero-order valence-corrected chi connectivity index (χ0v) is 21.7. The van der Waals surface area contributed by atoms with Crippen molar-refractivity contribution < 1.29 is 74.1 Å². The van der Waals surface area contributed by atoms with Crippen molar-refractivity contribution in [2.75, 3.05) is 19.8 Å². The summed E-state index contributed by atoms with van der Waals surface area (Å²) in [5.41, 5.74) is 16.0. The van der Waals surface area contributed by atoms with Crippen LogP contribution in [0.3, 0.4) is 0 Å². The van der Waals surface area contributed by atoms with Gasteiger partial charge in [0.05, 0.1) is 37.8 Å². The average molecular weight is 599 g/mol. The van der Waals surface area contributed by atoms with E-state index in [0.717, 1.165) is 0 Å². The van der Waals surface area contributed by atoms with Crippen molar-refractivity contribution in [3.63, 3.8) is 0 Å². The summed E-state index contributed by atoms with van der Waals surface area (Å²) in [6.45, 7) is -2.39. The topological polar surface area (TPSA) is 332 Å². The largest absolute Gasteiger partial charge is 0.394 e. The number of carbonyl (C=O) groups is 2. The predicted molar refractivity (Wildman–Crippen MR) is 127 cm³/mol. The van der Waals surface area contributed by atoms with Crippen molar-refractivity contribution in [1.29, 1.82) is 0 Å². The van der Waals surface area contributed by atoms with Crippen LogP contribution in [-0.2, 0) is 33.3 Å². The lowest BCUT2D eigenvalue weighted by Crippen LogP contribution is -2.77. The van der Waals surface area contributed by atoms with Crippen LogP contribution >= 0.6 is 0 Å². The second-order valence-electron chi connectivity index (χ2n) is 10.6. The summed E-state index contributed by atoms with van der Waals surface area (Å²) >= 11 is 0. The van der Waals surface area contributed by atoms with Crippen molar-refractivity contribution in [3.8, 4) is 0 Å². The lowest BCUT2D eigenvalue weighted by Gasteiger charge is -2.54. The molecule has 236 valence electrons. The molecule has 4 heterocycles. The number of aliphatic hydroxyl groups is 8. The smallest absolute Gasteiger partial charge is 0.232 e. The molecule has 16 atom stereocenters. The molecule has 0 radical (unpaired) electrons. The molecule has 4 fully saturated rings. The summed E-state index contributed by atoms with van der Waals surface area (Å²) in [6.07, 6.45) is -20.1. The fraction of sp³-hybridized carbons (Fsp3) is 0.909. The highest BCUT2D eigenvalue weighted by Crippen LogP contribution is 2.41. The van der Waals surface area contributed by atoms with Gasteiger partial charge in [-0.25, -0.2) is 0 Å². The summed E-state index contributed by atoms with van der Waals surface area (Å²) in [7, 11) is 0. The summed E-state index contributed by atoms with van der Waals surface area (Å²) in [6, 6.07) is -2.85. The summed E-state index contributed by atoms with van der Waals surface area (Å²) in [5, 5.41) is 84.1. The molecule has 4 aliphatic heterocycles. The minimum Gasteiger partial charge on any atom is -0.394 e. The molecule has 3 unspecified atom stereocenters. The molecular weight excluding hydrogens is 560 g/mol. The van der Waals surface area contributed by atoms with E-state index in [-0.39, 0.29) is 0 Å². The molecule has 4 aliphatic rings. The normalized spacial score (nSPS) is 51.0. The van der Waals surface area contributed by atoms with Crippen molar-refractivity contribution in [2.24, 2.45) is 23.1 Å². The van der Waals surface area contributed by atoms with E-state index < -0.39 is 135 Å². The molecule has 4 saturated heterocycles. The van der Waals surface area contributed by atoms with E-state index in [4.69, 9.17) is 40.9 Å². The Balaban J connectivity index is 1.68. The van der Waals surface area contributed by atoms with E-state index in [0.29, 0.717) is 0 Å². The van der Waals surface area contributed by atoms with E-state index in [1.54, 1.807) is 0 Å². The third-order valence-corrected chi connectivity index (χ3v) is 8.07. The van der Waals surface area contributed by atoms with Gasteiger partial charge >= 0.3 is 0 Å². The number of hydrogen-bond acceptors (Lipinski definition) is 18. The van der Waals surface area contributed by atoms with Crippen molar-refractivity contribution >= 4 is 11.8 Å². The average Bonchev–Trinajstić information content (AvgIpc) is 3.30. The first kappa shape index (κ1) is 32.4. The summed E-state index contributed by atoms with van der Waals surface area (Å²) < 4.78 is 28.1. The molecule has 15 N–H and O–H groups in total. The van der Waals surface area contributed by atoms with Gasteiger partial charge in [0, 0.05) is 6.42 Å². The van der Waals surface area contributed by atoms with E-state index in [1.165, 1.54) is 0 Å². The highest BCUT2D eigenvalue weighted by Gasteiger charge is 2.64. The van der Waals surface area contributed by atoms with Crippen molar-refractivity contribution in [2.45, 2.75) is 97.8 Å². The number of ether oxygens (including phenoxy) is 5. The Labute approximate surface area is 232 Å². The molecule has 0 spiro atoms. The Morgan fingerprint density at radius 3 is 1.98 bits per heavy atom. The van der Waals surface area contributed by atoms with E-state index in [9.17, 15) is 50.4 Å². The monoisotopic (exact) mass is 598 g/mol. The van der Waals surface area contributed by atoms with Gasteiger partial charge in [-0.3, -0.25) is 14.9 Å². The maximum absolute atomic E-state index is 12.8. The second kappa shape index (κ2) is 12.6. The zero-order valence-electron chi connectivity index (χ0n) is 21.7. The van der Waals surface area contributed by atoms with Gasteiger partial charge in [0.1, 0.15) is 60.5 Å². The van der Waals surface area contributed by atoms with Crippen molar-refractivity contribution in [3.05, 3.63) is 0 Å². The first-order valence-electron chi connectivity index (χ1n) is 12.9. The van der Waals surface area contributed by atoms with Gasteiger partial charge in [-0.05, 0) is 0 Å². The van der Waals surface area contributed by atoms with Gasteiger partial charge < -0.3 is 81.7 Å². The van der Waals surface area contributed by atoms with Gasteiger partial charge in [-0.15, -0.1) is 0 Å². The van der Waals surface area contributed by atoms with Gasteiger partial charge in [0.2, 0.25) is 11.8 Å². The Hall–Kier alpha value is -1.50. The number of rotatable bonds is 8. The van der Waals surface area contributed by atoms with Gasteiger partial charge in [0.25, 0.3) is 0 Å². The fourth-order valence-corrected chi connectivity index (χ4v) is 5.56. The SMILES string of the molecule is N[C@H]1[C@H](OC2[C@@H](CO)O[C@@H](OC3[C@@H](CO)O[C@@H](O)[C@H](N)[C@H]3O)[C@@](N)(C3CC(=O)NC3=O)[C@H]2O)O[C@H](CO)[C@@H](O)[C@@H]1O. The van der Waals surface area contributed by atoms with Gasteiger partial charge in [-0.1, -0.05) is 0 Å². The highest BCUT2D eigenvalue weighted by molar-refractivity contribution is 6.04. The van der Waals surface area contributed by atoms with Crippen LogP contribution in [-0.4, -0.2) is 164 Å². The minimum atomic E-state index is -2.36. The number of hydrogen-bond donors (Lipinski definition) is 12. The second-order valence-corrected chi connectivity index (χ2v) is 10.6. The molecule has 0 bridgehead atoms. The lowest BCUT2D eigenvalue weighted by molar-refractivity contribution is -0.365. The van der Waals surface area contributed by atoms with E-state index in [2.05, 4.69) is 5.32 Å². The number of nitrogens with one attached hydrogen (secondary N) is 1. The third-order valence-electron chi connectivity index (χ3n) is 8.07. The number of aliphatic hydroxyl groups excluding tert-OH is 8. The maximum Gasteiger partial charge on any atom is 0.232 e. The minimum absolute atomic E-state index is 0.533. The number of amides is 2. The first-order valence-corrected chi connectivity index (χ1v) is 12.9. The summed E-state index contributed by atoms with van der Waals surface area (Å²) in [5.74, 6) is -3.17. The molecule has 41 heavy (non-hydrogen) atoms. The standard InChI is InChI=1S/C22H38N4O15/c23-10-14(33)15(7(3-28)37-19(10)36)41-21-22(25,5-1-9(30)26-18(5)35)17(34)16(8(4-29)39-21)40-20-11(24)13(32)12(31)6(2-27)38-20/h5-8,10-17,19-21,27-29,31-34,36H,1-4,23-25H2,(H,26,30,35)/t5?,6-,7-,8-,10-,11-,12-,13-,14-,15?,16?,17+,19-,20+,21+,22-/m1/s1.